The molecule has 0 N–H and O–H groups in total. The van der Waals surface area contributed by atoms with Crippen LogP contribution >= 0.6 is 0 Å². The van der Waals surface area contributed by atoms with Gasteiger partial charge in [-0.05, 0) is 37.3 Å². The maximum absolute atomic E-state index is 10.7. The molecular weight excluding hydrogens is 304 g/mol. The van der Waals surface area contributed by atoms with Crippen LogP contribution in [0.2, 0.25) is 0 Å². The van der Waals surface area contributed by atoms with Gasteiger partial charge in [-0.1, -0.05) is 24.3 Å². The predicted molar refractivity (Wildman–Crippen MR) is 93.7 cm³/mol. The van der Waals surface area contributed by atoms with Gasteiger partial charge in [0.1, 0.15) is 17.8 Å². The second-order valence-electron chi connectivity index (χ2n) is 6.09. The zero-order valence-electron chi connectivity index (χ0n) is 14.1. The minimum atomic E-state index is -0.194. The van der Waals surface area contributed by atoms with Crippen LogP contribution in [0.15, 0.2) is 30.3 Å². The first-order valence-electron chi connectivity index (χ1n) is 8.64. The predicted octanol–water partition coefficient (Wildman–Crippen LogP) is 4.28. The van der Waals surface area contributed by atoms with Gasteiger partial charge in [-0.2, -0.15) is 0 Å². The number of aryl methyl sites for hydroxylation is 1. The zero-order chi connectivity index (χ0) is 16.8. The summed E-state index contributed by atoms with van der Waals surface area (Å²) < 4.78 is 17.6. The minimum absolute atomic E-state index is 0.194. The average Bonchev–Trinajstić information content (AvgIpc) is 2.64. The topological polar surface area (TPSA) is 44.8 Å². The van der Waals surface area contributed by atoms with E-state index in [4.69, 9.17) is 14.2 Å². The first-order valence-corrected chi connectivity index (χ1v) is 8.64. The lowest BCUT2D eigenvalue weighted by molar-refractivity contribution is -0.108. The summed E-state index contributed by atoms with van der Waals surface area (Å²) in [6.45, 7) is 0.749. The molecule has 2 aromatic carbocycles. The number of aldehydes is 1. The van der Waals surface area contributed by atoms with Crippen LogP contribution in [-0.2, 0) is 16.0 Å². The highest BCUT2D eigenvalue weighted by Crippen LogP contribution is 2.38. The van der Waals surface area contributed by atoms with Crippen molar-refractivity contribution in [2.24, 2.45) is 0 Å². The fraction of sp³-hybridized carbons (Fsp3) is 0.450. The SMILES string of the molecule is COc1cc(CCCC=O)c(OC2CCCCO2)c2ccccc12. The van der Waals surface area contributed by atoms with E-state index in [1.807, 2.05) is 24.3 Å². The van der Waals surface area contributed by atoms with Crippen LogP contribution < -0.4 is 9.47 Å². The molecule has 2 aromatic rings. The summed E-state index contributed by atoms with van der Waals surface area (Å²) >= 11 is 0. The lowest BCUT2D eigenvalue weighted by Crippen LogP contribution is -2.25. The van der Waals surface area contributed by atoms with Crippen molar-refractivity contribution in [2.75, 3.05) is 13.7 Å². The third-order valence-electron chi connectivity index (χ3n) is 4.41. The van der Waals surface area contributed by atoms with Crippen molar-refractivity contribution in [3.63, 3.8) is 0 Å². The molecule has 0 spiro atoms. The van der Waals surface area contributed by atoms with Crippen molar-refractivity contribution >= 4 is 17.1 Å². The lowest BCUT2D eigenvalue weighted by atomic mass is 10.00. The number of rotatable bonds is 7. The lowest BCUT2D eigenvalue weighted by Gasteiger charge is -2.26. The van der Waals surface area contributed by atoms with Crippen molar-refractivity contribution in [3.8, 4) is 11.5 Å². The quantitative estimate of drug-likeness (QED) is 0.562. The fourth-order valence-electron chi connectivity index (χ4n) is 3.18. The van der Waals surface area contributed by atoms with Crippen molar-refractivity contribution in [1.82, 2.24) is 0 Å². The number of benzene rings is 2. The molecule has 0 amide bonds. The number of ether oxygens (including phenoxy) is 3. The van der Waals surface area contributed by atoms with Crippen molar-refractivity contribution in [1.29, 1.82) is 0 Å². The highest BCUT2D eigenvalue weighted by molar-refractivity contribution is 5.94. The van der Waals surface area contributed by atoms with Gasteiger partial charge in [0.05, 0.1) is 13.7 Å². The number of hydrogen-bond donors (Lipinski definition) is 0. The molecular formula is C20H24O4. The molecule has 0 radical (unpaired) electrons. The molecule has 128 valence electrons. The number of methoxy groups -OCH3 is 1. The Morgan fingerprint density at radius 2 is 2.08 bits per heavy atom. The first-order chi connectivity index (χ1) is 11.8. The maximum Gasteiger partial charge on any atom is 0.199 e. The largest absolute Gasteiger partial charge is 0.496 e. The first kappa shape index (κ1) is 16.8. The van der Waals surface area contributed by atoms with Crippen molar-refractivity contribution in [3.05, 3.63) is 35.9 Å². The molecule has 0 bridgehead atoms. The second-order valence-corrected chi connectivity index (χ2v) is 6.09. The Labute approximate surface area is 142 Å². The van der Waals surface area contributed by atoms with Gasteiger partial charge in [-0.3, -0.25) is 0 Å². The van der Waals surface area contributed by atoms with Gasteiger partial charge in [0.2, 0.25) is 0 Å². The van der Waals surface area contributed by atoms with Crippen LogP contribution in [0.4, 0.5) is 0 Å². The normalized spacial score (nSPS) is 17.6. The molecule has 1 aliphatic heterocycles. The Balaban J connectivity index is 2.00. The van der Waals surface area contributed by atoms with E-state index in [0.717, 1.165) is 72.8 Å². The van der Waals surface area contributed by atoms with Crippen LogP contribution in [-0.4, -0.2) is 26.3 Å². The number of unbranched alkanes of at least 4 members (excludes halogenated alkanes) is 1. The summed E-state index contributed by atoms with van der Waals surface area (Å²) in [6.07, 6.45) is 6.02. The van der Waals surface area contributed by atoms with E-state index in [0.29, 0.717) is 6.42 Å². The van der Waals surface area contributed by atoms with Crippen LogP contribution in [0.1, 0.15) is 37.7 Å². The van der Waals surface area contributed by atoms with Gasteiger partial charge >= 0.3 is 0 Å². The van der Waals surface area contributed by atoms with Crippen LogP contribution in [0.5, 0.6) is 11.5 Å². The standard InChI is InChI=1S/C20H24O4/c1-22-18-14-15(8-4-6-12-21)20(17-10-3-2-9-16(17)18)24-19-11-5-7-13-23-19/h2-3,9-10,12,14,19H,4-8,11,13H2,1H3. The molecule has 0 aromatic heterocycles. The molecule has 1 fully saturated rings. The molecule has 4 heteroatoms. The molecule has 1 atom stereocenters. The third kappa shape index (κ3) is 3.70. The van der Waals surface area contributed by atoms with E-state index in [1.165, 1.54) is 0 Å². The highest BCUT2D eigenvalue weighted by Gasteiger charge is 2.20. The van der Waals surface area contributed by atoms with E-state index in [9.17, 15) is 4.79 Å². The van der Waals surface area contributed by atoms with Crippen LogP contribution in [0.25, 0.3) is 10.8 Å². The maximum atomic E-state index is 10.7. The Hall–Kier alpha value is -2.07. The Morgan fingerprint density at radius 1 is 1.25 bits per heavy atom. The average molecular weight is 328 g/mol. The summed E-state index contributed by atoms with van der Waals surface area (Å²) in [6, 6.07) is 10.1. The molecule has 1 saturated heterocycles. The fourth-order valence-corrected chi connectivity index (χ4v) is 3.18. The molecule has 0 saturated carbocycles. The molecule has 1 aliphatic rings. The van der Waals surface area contributed by atoms with Gasteiger partial charge in [0.15, 0.2) is 6.29 Å². The van der Waals surface area contributed by atoms with Crippen LogP contribution in [0.3, 0.4) is 0 Å². The van der Waals surface area contributed by atoms with Crippen LogP contribution in [0, 0.1) is 0 Å². The smallest absolute Gasteiger partial charge is 0.199 e. The van der Waals surface area contributed by atoms with Gasteiger partial charge in [-0.15, -0.1) is 0 Å². The molecule has 1 unspecified atom stereocenters. The summed E-state index contributed by atoms with van der Waals surface area (Å²) in [5.41, 5.74) is 1.07. The summed E-state index contributed by atoms with van der Waals surface area (Å²) in [4.78, 5) is 10.7. The molecule has 1 heterocycles. The molecule has 24 heavy (non-hydrogen) atoms. The van der Waals surface area contributed by atoms with E-state index in [1.54, 1.807) is 7.11 Å². The number of fused-ring (bicyclic) bond motifs is 1. The Bertz CT molecular complexity index is 689. The van der Waals surface area contributed by atoms with Gasteiger partial charge in [0, 0.05) is 23.6 Å². The number of hydrogen-bond acceptors (Lipinski definition) is 4. The zero-order valence-corrected chi connectivity index (χ0v) is 14.1. The van der Waals surface area contributed by atoms with Crippen molar-refractivity contribution < 1.29 is 19.0 Å². The second kappa shape index (κ2) is 8.15. The summed E-state index contributed by atoms with van der Waals surface area (Å²) in [5.74, 6) is 1.70. The van der Waals surface area contributed by atoms with Gasteiger partial charge in [0.25, 0.3) is 0 Å². The van der Waals surface area contributed by atoms with Crippen molar-refractivity contribution in [2.45, 2.75) is 44.8 Å². The van der Waals surface area contributed by atoms with E-state index >= 15 is 0 Å². The van der Waals surface area contributed by atoms with E-state index in [2.05, 4.69) is 6.07 Å². The van der Waals surface area contributed by atoms with E-state index < -0.39 is 0 Å². The minimum Gasteiger partial charge on any atom is -0.496 e. The van der Waals surface area contributed by atoms with Gasteiger partial charge in [-0.25, -0.2) is 0 Å². The third-order valence-corrected chi connectivity index (χ3v) is 4.41. The molecule has 4 nitrogen and oxygen atoms in total. The Kier molecular flexibility index (Phi) is 5.70. The number of carbonyl (C=O) groups excluding carboxylic acids is 1. The summed E-state index contributed by atoms with van der Waals surface area (Å²) in [7, 11) is 1.68. The molecule has 0 aliphatic carbocycles. The van der Waals surface area contributed by atoms with Gasteiger partial charge < -0.3 is 19.0 Å². The monoisotopic (exact) mass is 328 g/mol. The summed E-state index contributed by atoms with van der Waals surface area (Å²) in [5, 5.41) is 2.07. The Morgan fingerprint density at radius 3 is 2.79 bits per heavy atom. The number of carbonyl (C=O) groups is 1. The van der Waals surface area contributed by atoms with E-state index in [-0.39, 0.29) is 6.29 Å². The highest BCUT2D eigenvalue weighted by atomic mass is 16.7. The molecule has 3 rings (SSSR count).